The normalized spacial score (nSPS) is 11.3. The minimum Gasteiger partial charge on any atom is -0.322 e. The minimum atomic E-state index is -4.64. The SMILES string of the molecule is CSc1cc(C(F)(F)F)c(C(=O)Nc2ccc(Cl)cc2)cn1. The fourth-order valence-electron chi connectivity index (χ4n) is 1.69. The van der Waals surface area contributed by atoms with E-state index in [1.54, 1.807) is 6.26 Å². The van der Waals surface area contributed by atoms with Gasteiger partial charge in [0, 0.05) is 16.9 Å². The number of aromatic nitrogens is 1. The van der Waals surface area contributed by atoms with Gasteiger partial charge in [0.05, 0.1) is 16.2 Å². The molecule has 0 aliphatic heterocycles. The zero-order valence-electron chi connectivity index (χ0n) is 11.2. The average molecular weight is 347 g/mol. The Morgan fingerprint density at radius 2 is 1.91 bits per heavy atom. The number of alkyl halides is 3. The summed E-state index contributed by atoms with van der Waals surface area (Å²) in [7, 11) is 0. The van der Waals surface area contributed by atoms with Crippen LogP contribution in [-0.4, -0.2) is 17.1 Å². The molecule has 8 heteroatoms. The molecule has 0 bridgehead atoms. The van der Waals surface area contributed by atoms with E-state index < -0.39 is 23.2 Å². The number of anilines is 1. The molecule has 0 saturated carbocycles. The molecule has 0 spiro atoms. The lowest BCUT2D eigenvalue weighted by Gasteiger charge is -2.13. The summed E-state index contributed by atoms with van der Waals surface area (Å²) in [6, 6.07) is 6.91. The lowest BCUT2D eigenvalue weighted by molar-refractivity contribution is -0.138. The molecular formula is C14H10ClF3N2OS. The highest BCUT2D eigenvalue weighted by Gasteiger charge is 2.36. The largest absolute Gasteiger partial charge is 0.417 e. The van der Waals surface area contributed by atoms with Crippen LogP contribution in [0, 0.1) is 0 Å². The van der Waals surface area contributed by atoms with Gasteiger partial charge in [0.1, 0.15) is 0 Å². The van der Waals surface area contributed by atoms with E-state index in [1.807, 2.05) is 0 Å². The Hall–Kier alpha value is -1.73. The first-order valence-corrected chi connectivity index (χ1v) is 7.59. The fraction of sp³-hybridized carbons (Fsp3) is 0.143. The van der Waals surface area contributed by atoms with Gasteiger partial charge >= 0.3 is 6.18 Å². The molecule has 0 fully saturated rings. The van der Waals surface area contributed by atoms with Crippen LogP contribution in [-0.2, 0) is 6.18 Å². The predicted octanol–water partition coefficient (Wildman–Crippen LogP) is 4.73. The molecule has 2 aromatic rings. The first-order valence-electron chi connectivity index (χ1n) is 5.99. The summed E-state index contributed by atoms with van der Waals surface area (Å²) >= 11 is 6.78. The second-order valence-electron chi connectivity index (χ2n) is 4.23. The molecule has 0 saturated heterocycles. The van der Waals surface area contributed by atoms with Gasteiger partial charge < -0.3 is 5.32 Å². The first-order chi connectivity index (χ1) is 10.3. The Morgan fingerprint density at radius 3 is 2.45 bits per heavy atom. The van der Waals surface area contributed by atoms with Gasteiger partial charge in [0.2, 0.25) is 0 Å². The van der Waals surface area contributed by atoms with Crippen LogP contribution >= 0.6 is 23.4 Å². The molecule has 22 heavy (non-hydrogen) atoms. The highest BCUT2D eigenvalue weighted by molar-refractivity contribution is 7.98. The molecule has 0 atom stereocenters. The van der Waals surface area contributed by atoms with E-state index in [0.29, 0.717) is 10.7 Å². The molecule has 1 aromatic heterocycles. The van der Waals surface area contributed by atoms with Crippen LogP contribution in [0.5, 0.6) is 0 Å². The highest BCUT2D eigenvalue weighted by atomic mass is 35.5. The summed E-state index contributed by atoms with van der Waals surface area (Å²) in [5.74, 6) is -0.880. The zero-order valence-corrected chi connectivity index (χ0v) is 12.8. The standard InChI is InChI=1S/C14H10ClF3N2OS/c1-22-12-6-11(14(16,17)18)10(7-19-12)13(21)20-9-4-2-8(15)3-5-9/h2-7H,1H3,(H,20,21). The molecule has 0 unspecified atom stereocenters. The van der Waals surface area contributed by atoms with Crippen LogP contribution in [0.1, 0.15) is 15.9 Å². The molecular weight excluding hydrogens is 337 g/mol. The smallest absolute Gasteiger partial charge is 0.322 e. The van der Waals surface area contributed by atoms with E-state index in [2.05, 4.69) is 10.3 Å². The number of nitrogens with one attached hydrogen (secondary N) is 1. The van der Waals surface area contributed by atoms with Crippen LogP contribution in [0.3, 0.4) is 0 Å². The Labute approximate surface area is 133 Å². The van der Waals surface area contributed by atoms with Crippen molar-refractivity contribution in [2.45, 2.75) is 11.2 Å². The average Bonchev–Trinajstić information content (AvgIpc) is 2.48. The number of rotatable bonds is 3. The van der Waals surface area contributed by atoms with Gasteiger partial charge in [0.25, 0.3) is 5.91 Å². The van der Waals surface area contributed by atoms with Crippen LogP contribution in [0.2, 0.25) is 5.02 Å². The third-order valence-electron chi connectivity index (χ3n) is 2.74. The van der Waals surface area contributed by atoms with Gasteiger partial charge in [-0.1, -0.05) is 11.6 Å². The van der Waals surface area contributed by atoms with Gasteiger partial charge in [-0.3, -0.25) is 4.79 Å². The number of thioether (sulfide) groups is 1. The Morgan fingerprint density at radius 1 is 1.27 bits per heavy atom. The van der Waals surface area contributed by atoms with Crippen LogP contribution < -0.4 is 5.32 Å². The first kappa shape index (κ1) is 16.6. The van der Waals surface area contributed by atoms with Crippen LogP contribution in [0.25, 0.3) is 0 Å². The van der Waals surface area contributed by atoms with Gasteiger partial charge in [-0.2, -0.15) is 13.2 Å². The number of hydrogen-bond acceptors (Lipinski definition) is 3. The van der Waals surface area contributed by atoms with Gasteiger partial charge in [-0.15, -0.1) is 11.8 Å². The highest BCUT2D eigenvalue weighted by Crippen LogP contribution is 2.33. The molecule has 0 radical (unpaired) electrons. The van der Waals surface area contributed by atoms with Crippen molar-refractivity contribution in [3.05, 3.63) is 52.7 Å². The number of benzene rings is 1. The van der Waals surface area contributed by atoms with Crippen molar-refractivity contribution in [3.8, 4) is 0 Å². The Balaban J connectivity index is 2.34. The van der Waals surface area contributed by atoms with Crippen molar-refractivity contribution >= 4 is 35.0 Å². The molecule has 1 amide bonds. The lowest BCUT2D eigenvalue weighted by Crippen LogP contribution is -2.19. The monoisotopic (exact) mass is 346 g/mol. The third-order valence-corrected chi connectivity index (χ3v) is 3.63. The van der Waals surface area contributed by atoms with Crippen molar-refractivity contribution in [3.63, 3.8) is 0 Å². The lowest BCUT2D eigenvalue weighted by atomic mass is 10.1. The van der Waals surface area contributed by atoms with Crippen LogP contribution in [0.4, 0.5) is 18.9 Å². The van der Waals surface area contributed by atoms with Gasteiger partial charge in [-0.25, -0.2) is 4.98 Å². The van der Waals surface area contributed by atoms with Crippen molar-refractivity contribution < 1.29 is 18.0 Å². The summed E-state index contributed by atoms with van der Waals surface area (Å²) in [4.78, 5) is 15.9. The quantitative estimate of drug-likeness (QED) is 0.817. The van der Waals surface area contributed by atoms with E-state index in [1.165, 1.54) is 24.3 Å². The number of pyridine rings is 1. The van der Waals surface area contributed by atoms with Crippen molar-refractivity contribution in [2.75, 3.05) is 11.6 Å². The van der Waals surface area contributed by atoms with Crippen molar-refractivity contribution in [2.24, 2.45) is 0 Å². The maximum atomic E-state index is 13.1. The zero-order chi connectivity index (χ0) is 16.3. The second kappa shape index (κ2) is 6.58. The number of hydrogen-bond donors (Lipinski definition) is 1. The number of amides is 1. The summed E-state index contributed by atoms with van der Waals surface area (Å²) in [5, 5.41) is 3.04. The number of carbonyl (C=O) groups excluding carboxylic acids is 1. The van der Waals surface area contributed by atoms with E-state index >= 15 is 0 Å². The minimum absolute atomic E-state index is 0.190. The molecule has 2 rings (SSSR count). The third kappa shape index (κ3) is 3.92. The molecule has 0 aliphatic carbocycles. The Bertz CT molecular complexity index is 689. The molecule has 0 aliphatic rings. The van der Waals surface area contributed by atoms with Crippen LogP contribution in [0.15, 0.2) is 41.6 Å². The van der Waals surface area contributed by atoms with E-state index in [4.69, 9.17) is 11.6 Å². The fourth-order valence-corrected chi connectivity index (χ4v) is 2.21. The van der Waals surface area contributed by atoms with Gasteiger partial charge in [-0.05, 0) is 36.6 Å². The number of carbonyl (C=O) groups is 1. The second-order valence-corrected chi connectivity index (χ2v) is 5.49. The molecule has 1 heterocycles. The Kier molecular flexibility index (Phi) is 4.97. The molecule has 1 N–H and O–H groups in total. The summed E-state index contributed by atoms with van der Waals surface area (Å²) in [6.45, 7) is 0. The number of halogens is 4. The van der Waals surface area contributed by atoms with Crippen molar-refractivity contribution in [1.82, 2.24) is 4.98 Å². The van der Waals surface area contributed by atoms with E-state index in [9.17, 15) is 18.0 Å². The van der Waals surface area contributed by atoms with E-state index in [0.717, 1.165) is 24.0 Å². The predicted molar refractivity (Wildman–Crippen MR) is 80.4 cm³/mol. The topological polar surface area (TPSA) is 42.0 Å². The summed E-state index contributed by atoms with van der Waals surface area (Å²) in [6.07, 6.45) is -2.10. The summed E-state index contributed by atoms with van der Waals surface area (Å²) in [5.41, 5.74) is -1.20. The number of nitrogens with zero attached hydrogens (tertiary/aromatic N) is 1. The van der Waals surface area contributed by atoms with Gasteiger partial charge in [0.15, 0.2) is 0 Å². The maximum absolute atomic E-state index is 13.1. The van der Waals surface area contributed by atoms with Crippen molar-refractivity contribution in [1.29, 1.82) is 0 Å². The molecule has 1 aromatic carbocycles. The maximum Gasteiger partial charge on any atom is 0.417 e. The molecule has 3 nitrogen and oxygen atoms in total. The molecule has 116 valence electrons. The van der Waals surface area contributed by atoms with E-state index in [-0.39, 0.29) is 5.03 Å². The summed E-state index contributed by atoms with van der Waals surface area (Å²) < 4.78 is 39.2.